The number of H-pyrrole nitrogens is 2. The minimum absolute atomic E-state index is 0.0571. The van der Waals surface area contributed by atoms with E-state index < -0.39 is 11.9 Å². The van der Waals surface area contributed by atoms with E-state index in [1.165, 1.54) is 36.5 Å². The summed E-state index contributed by atoms with van der Waals surface area (Å²) in [5, 5.41) is 0. The Morgan fingerprint density at radius 2 is 0.543 bits per heavy atom. The third-order valence-corrected chi connectivity index (χ3v) is 18.3. The van der Waals surface area contributed by atoms with Gasteiger partial charge in [-0.2, -0.15) is 0 Å². The van der Waals surface area contributed by atoms with E-state index in [1.807, 2.05) is 24.3 Å². The molecule has 0 amide bonds. The molecule has 0 saturated carbocycles. The van der Waals surface area contributed by atoms with Crippen LogP contribution >= 0.6 is 0 Å². The highest BCUT2D eigenvalue weighted by molar-refractivity contribution is 6.12. The maximum Gasteiger partial charge on any atom is 0.338 e. The summed E-state index contributed by atoms with van der Waals surface area (Å²) in [7, 11) is 6.02. The van der Waals surface area contributed by atoms with Crippen LogP contribution in [0.1, 0.15) is 122 Å². The van der Waals surface area contributed by atoms with Crippen molar-refractivity contribution in [1.29, 1.82) is 0 Å². The Morgan fingerprint density at radius 1 is 0.304 bits per heavy atom. The first kappa shape index (κ1) is 60.3. The molecule has 0 aliphatic carbocycles. The number of hydrogen-bond donors (Lipinski definition) is 2. The fourth-order valence-corrected chi connectivity index (χ4v) is 13.0. The molecule has 8 bridgehead atoms. The third kappa shape index (κ3) is 10.9. The zero-order valence-corrected chi connectivity index (χ0v) is 54.1. The van der Waals surface area contributed by atoms with E-state index in [1.54, 1.807) is 26.4 Å². The zero-order chi connectivity index (χ0) is 64.2. The van der Waals surface area contributed by atoms with Crippen LogP contribution in [0.25, 0.3) is 134 Å². The molecule has 458 valence electrons. The highest BCUT2D eigenvalue weighted by Gasteiger charge is 2.33. The number of nitrogens with one attached hydrogen (secondary N) is 2. The van der Waals surface area contributed by atoms with Gasteiger partial charge in [0, 0.05) is 66.6 Å². The Bertz CT molecular complexity index is 4540. The Hall–Kier alpha value is -10.6. The van der Waals surface area contributed by atoms with Crippen molar-refractivity contribution in [2.75, 3.05) is 28.4 Å². The van der Waals surface area contributed by atoms with Crippen molar-refractivity contribution < 1.29 is 28.5 Å². The molecule has 0 fully saturated rings. The molecule has 3 aromatic heterocycles. The van der Waals surface area contributed by atoms with E-state index in [9.17, 15) is 9.59 Å². The molecule has 0 saturated heterocycles. The van der Waals surface area contributed by atoms with Crippen LogP contribution in [0.4, 0.5) is 0 Å². The van der Waals surface area contributed by atoms with Gasteiger partial charge in [-0.25, -0.2) is 19.6 Å². The molecule has 0 unspecified atom stereocenters. The van der Waals surface area contributed by atoms with Crippen molar-refractivity contribution >= 4 is 34.0 Å². The van der Waals surface area contributed by atoms with Gasteiger partial charge in [-0.1, -0.05) is 177 Å². The summed E-state index contributed by atoms with van der Waals surface area (Å²) in [6.07, 6.45) is 0. The Morgan fingerprint density at radius 3 is 0.772 bits per heavy atom. The van der Waals surface area contributed by atoms with Gasteiger partial charge in [0.15, 0.2) is 0 Å². The number of methoxy groups -OCH3 is 4. The van der Waals surface area contributed by atoms with Gasteiger partial charge in [0.05, 0.1) is 62.3 Å². The minimum atomic E-state index is -0.682. The van der Waals surface area contributed by atoms with E-state index in [2.05, 4.69) is 223 Å². The summed E-state index contributed by atoms with van der Waals surface area (Å²) in [5.74, 6) is 1.27. The second-order valence-corrected chi connectivity index (χ2v) is 25.1. The van der Waals surface area contributed by atoms with Crippen LogP contribution in [0, 0.1) is 0 Å². The molecule has 10 nitrogen and oxygen atoms in total. The quantitative estimate of drug-likeness (QED) is 0.103. The number of fused-ring (bicyclic) bond motifs is 14. The van der Waals surface area contributed by atoms with Crippen molar-refractivity contribution in [3.05, 3.63) is 228 Å². The number of carbonyl (C=O) groups excluding carboxylic acids is 2. The Balaban J connectivity index is 1.29. The summed E-state index contributed by atoms with van der Waals surface area (Å²) >= 11 is 0. The number of hydrogen-bond acceptors (Lipinski definition) is 8. The molecule has 0 atom stereocenters. The summed E-state index contributed by atoms with van der Waals surface area (Å²) in [6, 6.07) is 68.3. The molecule has 2 aliphatic heterocycles. The van der Waals surface area contributed by atoms with Crippen LogP contribution in [0.5, 0.6) is 11.5 Å². The number of aromatic amines is 2. The molecule has 13 rings (SSSR count). The maximum absolute atomic E-state index is 14.1. The number of ether oxygens (including phenoxy) is 4. The molecular formula is C82H74N4O6. The number of esters is 2. The van der Waals surface area contributed by atoms with Gasteiger partial charge in [-0.05, 0) is 163 Å². The van der Waals surface area contributed by atoms with Crippen molar-refractivity contribution in [2.45, 2.75) is 79.1 Å². The van der Waals surface area contributed by atoms with Gasteiger partial charge in [0.25, 0.3) is 0 Å². The Labute approximate surface area is 538 Å². The first-order chi connectivity index (χ1) is 44.5. The van der Waals surface area contributed by atoms with Crippen LogP contribution < -0.4 is 9.47 Å². The molecule has 2 N–H and O–H groups in total. The lowest BCUT2D eigenvalue weighted by Crippen LogP contribution is -2.12. The van der Waals surface area contributed by atoms with Gasteiger partial charge in [-0.15, -0.1) is 0 Å². The van der Waals surface area contributed by atoms with Gasteiger partial charge in [-0.3, -0.25) is 0 Å². The van der Waals surface area contributed by atoms with E-state index in [4.69, 9.17) is 28.9 Å². The number of nitrogens with zero attached hydrogens (tertiary/aromatic N) is 2. The Kier molecular flexibility index (Phi) is 16.2. The first-order valence-corrected chi connectivity index (χ1v) is 31.6. The van der Waals surface area contributed by atoms with Crippen molar-refractivity contribution in [3.63, 3.8) is 0 Å². The summed E-state index contributed by atoms with van der Waals surface area (Å²) < 4.78 is 22.4. The van der Waals surface area contributed by atoms with Gasteiger partial charge in [0.2, 0.25) is 0 Å². The predicted molar refractivity (Wildman–Crippen MR) is 375 cm³/mol. The monoisotopic (exact) mass is 1210 g/mol. The lowest BCUT2D eigenvalue weighted by atomic mass is 9.86. The standard InChI is InChI=1S/C82H74N4O6/c1-45(2)49-13-21-55(22-14-49)73-69-37-39-71(83-69)75(57-25-17-51(18-26-57)47(5)6)79-65-43-67(81(87)91-11)68(82(88)92-12)44-66(65)80(86-79)76(58-27-19-52(20-28-58)48(7)8)72-40-38-70(84-72)74(56-23-15-50(16-24-56)46(3)4)78-64-42-62(54-31-35-60(90-10)36-32-54)61(41-63(64)77(73)85-78)53-29-33-59(89-9)34-30-53/h13-48,83-84H,1-12H3. The fourth-order valence-electron chi connectivity index (χ4n) is 13.0. The average molecular weight is 1210 g/mol. The van der Waals surface area contributed by atoms with E-state index in [0.29, 0.717) is 22.5 Å². The number of aromatic nitrogens is 4. The van der Waals surface area contributed by atoms with Gasteiger partial charge < -0.3 is 28.9 Å². The fraction of sp³-hybridized carbons (Fsp3) is 0.195. The molecule has 11 aromatic rings. The number of carbonyl (C=O) groups is 2. The average Bonchev–Trinajstić information content (AvgIpc) is 1.61. The van der Waals surface area contributed by atoms with Crippen LogP contribution in [-0.4, -0.2) is 60.3 Å². The normalized spacial score (nSPS) is 11.7. The molecule has 0 spiro atoms. The first-order valence-electron chi connectivity index (χ1n) is 31.6. The van der Waals surface area contributed by atoms with Crippen LogP contribution in [0.15, 0.2) is 194 Å². The van der Waals surface area contributed by atoms with Crippen molar-refractivity contribution in [2.24, 2.45) is 0 Å². The van der Waals surface area contributed by atoms with E-state index in [0.717, 1.165) is 123 Å². The second kappa shape index (κ2) is 24.7. The van der Waals surface area contributed by atoms with Crippen molar-refractivity contribution in [1.82, 2.24) is 19.9 Å². The smallest absolute Gasteiger partial charge is 0.338 e. The lowest BCUT2D eigenvalue weighted by molar-refractivity contribution is 0.0555. The zero-order valence-electron chi connectivity index (χ0n) is 54.1. The number of rotatable bonds is 14. The largest absolute Gasteiger partial charge is 0.497 e. The van der Waals surface area contributed by atoms with Crippen LogP contribution in [0.2, 0.25) is 0 Å². The molecular weight excluding hydrogens is 1140 g/mol. The second-order valence-electron chi connectivity index (χ2n) is 25.1. The maximum atomic E-state index is 14.1. The molecule has 5 heterocycles. The van der Waals surface area contributed by atoms with E-state index in [-0.39, 0.29) is 34.8 Å². The van der Waals surface area contributed by atoms with Crippen LogP contribution in [0.3, 0.4) is 0 Å². The van der Waals surface area contributed by atoms with Gasteiger partial charge in [0.1, 0.15) is 11.5 Å². The summed E-state index contributed by atoms with van der Waals surface area (Å²) in [4.78, 5) is 48.3. The molecule has 10 heteroatoms. The SMILES string of the molecule is COC(=O)c1cc2c(cc1C(=O)OC)-c1nc-2c(-c2ccc(C(C)C)cc2)c2ccc([nH]2)c(-c2ccc(C(C)C)cc2)c2nc(c(-c3ccc(C(C)C)cc3)c3ccc([nH]3)c1-c1ccc(C(C)C)cc1)-c1cc(-c3ccc(OC)cc3)c(-c3ccc(OC)cc3)cc1-2. The molecule has 92 heavy (non-hydrogen) atoms. The lowest BCUT2D eigenvalue weighted by Gasteiger charge is -2.16. The predicted octanol–water partition coefficient (Wildman–Crippen LogP) is 21.1. The highest BCUT2D eigenvalue weighted by Crippen LogP contribution is 2.53. The van der Waals surface area contributed by atoms with Crippen molar-refractivity contribution in [3.8, 4) is 123 Å². The molecule has 0 radical (unpaired) electrons. The highest BCUT2D eigenvalue weighted by atomic mass is 16.5. The minimum Gasteiger partial charge on any atom is -0.497 e. The summed E-state index contributed by atoms with van der Waals surface area (Å²) in [5.41, 5.74) is 25.1. The molecule has 2 aliphatic rings. The van der Waals surface area contributed by atoms with Gasteiger partial charge >= 0.3 is 11.9 Å². The summed E-state index contributed by atoms with van der Waals surface area (Å²) in [6.45, 7) is 17.6. The third-order valence-electron chi connectivity index (χ3n) is 18.3. The van der Waals surface area contributed by atoms with Crippen LogP contribution in [-0.2, 0) is 9.47 Å². The topological polar surface area (TPSA) is 128 Å². The molecule has 8 aromatic carbocycles. The van der Waals surface area contributed by atoms with E-state index >= 15 is 0 Å². The number of benzene rings is 8.